The molecule has 1 rings (SSSR count). The molecule has 5 nitrogen and oxygen atoms in total. The van der Waals surface area contributed by atoms with Crippen molar-refractivity contribution in [2.75, 3.05) is 20.0 Å². The summed E-state index contributed by atoms with van der Waals surface area (Å²) in [6, 6.07) is 2.95. The van der Waals surface area contributed by atoms with Crippen LogP contribution < -0.4 is 10.5 Å². The van der Waals surface area contributed by atoms with Gasteiger partial charge in [-0.05, 0) is 6.07 Å². The zero-order valence-corrected chi connectivity index (χ0v) is 7.40. The summed E-state index contributed by atoms with van der Waals surface area (Å²) in [6.07, 6.45) is 0. The number of nitrogens with two attached hydrogens (primary N) is 1. The second-order valence-corrected chi connectivity index (χ2v) is 2.32. The van der Waals surface area contributed by atoms with Crippen LogP contribution in [0.1, 0.15) is 10.5 Å². The van der Waals surface area contributed by atoms with Gasteiger partial charge in [0.15, 0.2) is 5.69 Å². The lowest BCUT2D eigenvalue weighted by Gasteiger charge is -2.03. The second kappa shape index (κ2) is 3.75. The molecule has 0 radical (unpaired) electrons. The van der Waals surface area contributed by atoms with Crippen LogP contribution in [0.15, 0.2) is 12.1 Å². The van der Waals surface area contributed by atoms with Gasteiger partial charge in [0.25, 0.3) is 0 Å². The summed E-state index contributed by atoms with van der Waals surface area (Å²) in [5.41, 5.74) is 6.05. The lowest BCUT2D eigenvalue weighted by atomic mass is 10.3. The van der Waals surface area contributed by atoms with E-state index >= 15 is 0 Å². The van der Waals surface area contributed by atoms with Gasteiger partial charge < -0.3 is 15.2 Å². The van der Waals surface area contributed by atoms with Gasteiger partial charge in [-0.15, -0.1) is 0 Å². The van der Waals surface area contributed by atoms with Crippen molar-refractivity contribution < 1.29 is 14.3 Å². The number of anilines is 1. The summed E-state index contributed by atoms with van der Waals surface area (Å²) in [7, 11) is 2.72. The molecule has 2 N–H and O–H groups in total. The number of ether oxygens (including phenoxy) is 2. The highest BCUT2D eigenvalue weighted by Gasteiger charge is 2.09. The van der Waals surface area contributed by atoms with Gasteiger partial charge in [0.05, 0.1) is 14.2 Å². The van der Waals surface area contributed by atoms with Crippen molar-refractivity contribution in [1.29, 1.82) is 0 Å². The molecule has 0 saturated carbocycles. The molecule has 0 aliphatic heterocycles. The Labute approximate surface area is 75.5 Å². The van der Waals surface area contributed by atoms with Crippen molar-refractivity contribution in [2.24, 2.45) is 0 Å². The molecule has 0 aromatic carbocycles. The van der Waals surface area contributed by atoms with E-state index in [9.17, 15) is 4.79 Å². The van der Waals surface area contributed by atoms with Crippen LogP contribution in [0, 0.1) is 0 Å². The molecule has 0 spiro atoms. The summed E-state index contributed by atoms with van der Waals surface area (Å²) in [5, 5.41) is 0. The Morgan fingerprint density at radius 1 is 1.46 bits per heavy atom. The fourth-order valence-corrected chi connectivity index (χ4v) is 0.839. The number of carbonyl (C=O) groups is 1. The van der Waals surface area contributed by atoms with E-state index in [-0.39, 0.29) is 5.69 Å². The first-order valence-electron chi connectivity index (χ1n) is 3.57. The van der Waals surface area contributed by atoms with Crippen LogP contribution in [0.4, 0.5) is 5.69 Å². The molecular weight excluding hydrogens is 172 g/mol. The maximum atomic E-state index is 11.0. The summed E-state index contributed by atoms with van der Waals surface area (Å²) in [5.74, 6) is -0.244. The van der Waals surface area contributed by atoms with E-state index < -0.39 is 5.97 Å². The first-order valence-corrected chi connectivity index (χ1v) is 3.57. The molecule has 13 heavy (non-hydrogen) atoms. The van der Waals surface area contributed by atoms with Crippen LogP contribution in [-0.4, -0.2) is 25.2 Å². The zero-order valence-electron chi connectivity index (χ0n) is 7.40. The lowest BCUT2D eigenvalue weighted by molar-refractivity contribution is 0.0593. The van der Waals surface area contributed by atoms with E-state index in [1.54, 1.807) is 0 Å². The van der Waals surface area contributed by atoms with Crippen molar-refractivity contribution in [3.63, 3.8) is 0 Å². The van der Waals surface area contributed by atoms with Crippen LogP contribution in [0.2, 0.25) is 0 Å². The van der Waals surface area contributed by atoms with E-state index in [4.69, 9.17) is 10.5 Å². The molecular formula is C8H10N2O3. The smallest absolute Gasteiger partial charge is 0.356 e. The minimum Gasteiger partial charge on any atom is -0.481 e. The van der Waals surface area contributed by atoms with E-state index in [0.717, 1.165) is 0 Å². The number of nitrogen functional groups attached to an aromatic ring is 1. The van der Waals surface area contributed by atoms with Crippen LogP contribution in [0.5, 0.6) is 5.88 Å². The number of hydrogen-bond donors (Lipinski definition) is 1. The van der Waals surface area contributed by atoms with Gasteiger partial charge >= 0.3 is 5.97 Å². The molecule has 1 heterocycles. The molecule has 0 aliphatic carbocycles. The highest BCUT2D eigenvalue weighted by molar-refractivity contribution is 5.88. The number of methoxy groups -OCH3 is 2. The Kier molecular flexibility index (Phi) is 2.69. The Morgan fingerprint density at radius 2 is 2.15 bits per heavy atom. The normalized spacial score (nSPS) is 9.38. The monoisotopic (exact) mass is 182 g/mol. The van der Waals surface area contributed by atoms with Crippen molar-refractivity contribution >= 4 is 11.7 Å². The topological polar surface area (TPSA) is 74.4 Å². The predicted octanol–water partition coefficient (Wildman–Crippen LogP) is 0.459. The summed E-state index contributed by atoms with van der Waals surface area (Å²) < 4.78 is 9.31. The molecule has 5 heteroatoms. The van der Waals surface area contributed by atoms with Crippen molar-refractivity contribution in [1.82, 2.24) is 4.98 Å². The average molecular weight is 182 g/mol. The number of carbonyl (C=O) groups excluding carboxylic acids is 1. The first-order chi connectivity index (χ1) is 6.17. The maximum absolute atomic E-state index is 11.0. The molecule has 70 valence electrons. The quantitative estimate of drug-likeness (QED) is 0.672. The lowest BCUT2D eigenvalue weighted by Crippen LogP contribution is -2.06. The third-order valence-corrected chi connectivity index (χ3v) is 1.43. The van der Waals surface area contributed by atoms with E-state index in [1.807, 2.05) is 0 Å². The SMILES string of the molecule is COC(=O)c1cc(N)cc(OC)n1. The van der Waals surface area contributed by atoms with Crippen LogP contribution in [0.3, 0.4) is 0 Å². The zero-order chi connectivity index (χ0) is 9.84. The molecule has 0 amide bonds. The fraction of sp³-hybridized carbons (Fsp3) is 0.250. The van der Waals surface area contributed by atoms with E-state index in [1.165, 1.54) is 26.4 Å². The van der Waals surface area contributed by atoms with Crippen LogP contribution in [0.25, 0.3) is 0 Å². The number of esters is 1. The standard InChI is InChI=1S/C8H10N2O3/c1-12-7-4-5(9)3-6(10-7)8(11)13-2/h3-4H,1-2H3,(H2,9,10). The molecule has 0 fully saturated rings. The third kappa shape index (κ3) is 2.08. The highest BCUT2D eigenvalue weighted by atomic mass is 16.5. The Balaban J connectivity index is 3.08. The summed E-state index contributed by atoms with van der Waals surface area (Å²) in [6.45, 7) is 0. The Bertz CT molecular complexity index is 325. The number of nitrogens with zero attached hydrogens (tertiary/aromatic N) is 1. The van der Waals surface area contributed by atoms with Crippen LogP contribution >= 0.6 is 0 Å². The van der Waals surface area contributed by atoms with E-state index in [2.05, 4.69) is 9.72 Å². The van der Waals surface area contributed by atoms with Gasteiger partial charge in [0, 0.05) is 11.8 Å². The van der Waals surface area contributed by atoms with Gasteiger partial charge in [-0.2, -0.15) is 0 Å². The van der Waals surface area contributed by atoms with Gasteiger partial charge in [-0.25, -0.2) is 9.78 Å². The van der Waals surface area contributed by atoms with Gasteiger partial charge in [-0.3, -0.25) is 0 Å². The molecule has 0 atom stereocenters. The van der Waals surface area contributed by atoms with Gasteiger partial charge in [0.1, 0.15) is 0 Å². The number of aromatic nitrogens is 1. The average Bonchev–Trinajstić information content (AvgIpc) is 2.15. The number of hydrogen-bond acceptors (Lipinski definition) is 5. The van der Waals surface area contributed by atoms with Crippen molar-refractivity contribution in [3.05, 3.63) is 17.8 Å². The van der Waals surface area contributed by atoms with Crippen molar-refractivity contribution in [2.45, 2.75) is 0 Å². The minimum absolute atomic E-state index is 0.138. The third-order valence-electron chi connectivity index (χ3n) is 1.43. The number of rotatable bonds is 2. The molecule has 0 bridgehead atoms. The largest absolute Gasteiger partial charge is 0.481 e. The molecule has 0 saturated heterocycles. The predicted molar refractivity (Wildman–Crippen MR) is 46.5 cm³/mol. The molecule has 0 unspecified atom stereocenters. The van der Waals surface area contributed by atoms with Crippen molar-refractivity contribution in [3.8, 4) is 5.88 Å². The fourth-order valence-electron chi connectivity index (χ4n) is 0.839. The molecule has 1 aromatic heterocycles. The first kappa shape index (κ1) is 9.31. The van der Waals surface area contributed by atoms with Gasteiger partial charge in [-0.1, -0.05) is 0 Å². The van der Waals surface area contributed by atoms with Gasteiger partial charge in [0.2, 0.25) is 5.88 Å². The Morgan fingerprint density at radius 3 is 2.69 bits per heavy atom. The minimum atomic E-state index is -0.536. The summed E-state index contributed by atoms with van der Waals surface area (Å²) in [4.78, 5) is 14.9. The maximum Gasteiger partial charge on any atom is 0.356 e. The highest BCUT2D eigenvalue weighted by Crippen LogP contribution is 2.14. The van der Waals surface area contributed by atoms with E-state index in [0.29, 0.717) is 11.6 Å². The molecule has 1 aromatic rings. The van der Waals surface area contributed by atoms with Crippen LogP contribution in [-0.2, 0) is 4.74 Å². The summed E-state index contributed by atoms with van der Waals surface area (Å²) >= 11 is 0. The Hall–Kier alpha value is -1.78. The second-order valence-electron chi connectivity index (χ2n) is 2.32. The number of pyridine rings is 1. The molecule has 0 aliphatic rings.